The van der Waals surface area contributed by atoms with Gasteiger partial charge < -0.3 is 25.5 Å². The minimum atomic E-state index is -1.15. The van der Waals surface area contributed by atoms with E-state index >= 15 is 0 Å². The van der Waals surface area contributed by atoms with Crippen LogP contribution in [0, 0.1) is 5.41 Å². The van der Waals surface area contributed by atoms with E-state index in [1.807, 2.05) is 0 Å². The van der Waals surface area contributed by atoms with Gasteiger partial charge in [-0.1, -0.05) is 28.3 Å². The number of hydrogen-bond donors (Lipinski definition) is 3. The van der Waals surface area contributed by atoms with Gasteiger partial charge in [0, 0.05) is 23.4 Å². The van der Waals surface area contributed by atoms with Gasteiger partial charge in [0.1, 0.15) is 28.0 Å². The summed E-state index contributed by atoms with van der Waals surface area (Å²) < 4.78 is 0.659. The summed E-state index contributed by atoms with van der Waals surface area (Å²) in [5.74, 6) is -1.34. The summed E-state index contributed by atoms with van der Waals surface area (Å²) in [6.45, 7) is 0.0294. The summed E-state index contributed by atoms with van der Waals surface area (Å²) in [6.07, 6.45) is 2.27. The van der Waals surface area contributed by atoms with Crippen LogP contribution >= 0.6 is 58.0 Å². The number of anilines is 1. The largest absolute Gasteiger partial charge is 0.481 e. The maximum Gasteiger partial charge on any atom is 0.313 e. The zero-order valence-electron chi connectivity index (χ0n) is 18.5. The molecule has 36 heavy (non-hydrogen) atoms. The fourth-order valence-corrected chi connectivity index (χ4v) is 7.55. The molecular formula is C18H19N7O6S5. The molecule has 2 fully saturated rings. The number of aliphatic carboxylic acids is 1. The predicted molar refractivity (Wildman–Crippen MR) is 138 cm³/mol. The third-order valence-corrected chi connectivity index (χ3v) is 10.0. The fourth-order valence-electron chi connectivity index (χ4n) is 3.39. The summed E-state index contributed by atoms with van der Waals surface area (Å²) in [5, 5.41) is 28.0. The molecule has 0 aliphatic carbocycles. The lowest BCUT2D eigenvalue weighted by molar-refractivity contribution is -0.157. The number of thioether (sulfide) groups is 3. The van der Waals surface area contributed by atoms with E-state index in [-0.39, 0.29) is 46.4 Å². The number of carbonyl (C=O) groups is 4. The number of carboxylic acids is 1. The van der Waals surface area contributed by atoms with Crippen molar-refractivity contribution in [3.8, 4) is 0 Å². The zero-order chi connectivity index (χ0) is 25.7. The summed E-state index contributed by atoms with van der Waals surface area (Å²) in [5.41, 5.74) is 0.465. The molecule has 2 unspecified atom stereocenters. The second kappa shape index (κ2) is 11.8. The lowest BCUT2D eigenvalue weighted by Gasteiger charge is -2.53. The van der Waals surface area contributed by atoms with Crippen LogP contribution in [0.5, 0.6) is 0 Å². The molecule has 2 aliphatic heterocycles. The second-order valence-corrected chi connectivity index (χ2v) is 12.3. The van der Waals surface area contributed by atoms with Crippen molar-refractivity contribution in [2.45, 2.75) is 15.8 Å². The average molecular weight is 590 g/mol. The van der Waals surface area contributed by atoms with Gasteiger partial charge >= 0.3 is 5.97 Å². The van der Waals surface area contributed by atoms with Crippen molar-refractivity contribution in [2.75, 3.05) is 35.6 Å². The normalized spacial score (nSPS) is 23.4. The van der Waals surface area contributed by atoms with Crippen LogP contribution in [-0.2, 0) is 24.0 Å². The first-order chi connectivity index (χ1) is 17.4. The molecule has 18 heteroatoms. The minimum Gasteiger partial charge on any atom is -0.481 e. The maximum absolute atomic E-state index is 13.1. The standard InChI is InChI=1S/C18H19N7O6S5/c1-32-8-31-24-10(9-2-33-16(21-9)19-6-26)12(27)22-11-13(28)25-3-18(15(29)30,4-34-14(11)25)5-35-17-23-20-7-36-17/h2,6-7,11,14H,3-5,8H2,1H3,(H,22,27)(H,29,30)(H,19,21,26)/t11?,14-,18?/m1/s1. The number of carbonyl (C=O) groups excluding carboxylic acids is 3. The molecule has 13 nitrogen and oxygen atoms in total. The van der Waals surface area contributed by atoms with Gasteiger partial charge in [-0.3, -0.25) is 19.2 Å². The van der Waals surface area contributed by atoms with Crippen LogP contribution < -0.4 is 10.6 Å². The molecule has 0 bridgehead atoms. The van der Waals surface area contributed by atoms with Gasteiger partial charge in [0.05, 0.1) is 0 Å². The third-order valence-electron chi connectivity index (χ3n) is 5.17. The number of hydrogen-bond acceptors (Lipinski definition) is 14. The molecule has 0 aromatic carbocycles. The highest BCUT2D eigenvalue weighted by Gasteiger charge is 2.57. The number of thiazole rings is 1. The third kappa shape index (κ3) is 5.61. The fraction of sp³-hybridized carbons (Fsp3) is 0.444. The molecule has 2 aromatic rings. The van der Waals surface area contributed by atoms with Crippen LogP contribution in [0.3, 0.4) is 0 Å². The van der Waals surface area contributed by atoms with Gasteiger partial charge in [0.15, 0.2) is 21.1 Å². The van der Waals surface area contributed by atoms with Crippen molar-refractivity contribution in [3.63, 3.8) is 0 Å². The molecule has 192 valence electrons. The van der Waals surface area contributed by atoms with Crippen molar-refractivity contribution in [2.24, 2.45) is 10.6 Å². The van der Waals surface area contributed by atoms with Crippen LogP contribution in [0.2, 0.25) is 0 Å². The number of nitrogens with one attached hydrogen (secondary N) is 2. The Morgan fingerprint density at radius 1 is 1.44 bits per heavy atom. The summed E-state index contributed by atoms with van der Waals surface area (Å²) in [4.78, 5) is 59.6. The summed E-state index contributed by atoms with van der Waals surface area (Å²) in [7, 11) is 0. The zero-order valence-corrected chi connectivity index (χ0v) is 22.6. The molecule has 3 atom stereocenters. The number of nitrogens with zero attached hydrogens (tertiary/aromatic N) is 5. The SMILES string of the molecule is CSCON=C(C(=O)NC1C(=O)N2CC(CSc3nncs3)(C(=O)O)CS[C@H]12)c1csc(NC=O)n1. The van der Waals surface area contributed by atoms with Gasteiger partial charge in [0.25, 0.3) is 5.91 Å². The Hall–Kier alpha value is -2.41. The molecule has 0 saturated carbocycles. The lowest BCUT2D eigenvalue weighted by atomic mass is 9.89. The number of aromatic nitrogens is 3. The minimum absolute atomic E-state index is 0.0294. The number of amides is 3. The number of rotatable bonds is 12. The first-order valence-electron chi connectivity index (χ1n) is 10.1. The van der Waals surface area contributed by atoms with Crippen LogP contribution in [0.4, 0.5) is 5.13 Å². The van der Waals surface area contributed by atoms with Crippen LogP contribution in [0.25, 0.3) is 0 Å². The molecular weight excluding hydrogens is 571 g/mol. The van der Waals surface area contributed by atoms with Crippen molar-refractivity contribution in [1.82, 2.24) is 25.4 Å². The average Bonchev–Trinajstić information content (AvgIpc) is 3.56. The monoisotopic (exact) mass is 589 g/mol. The summed E-state index contributed by atoms with van der Waals surface area (Å²) in [6, 6.07) is -0.845. The molecule has 4 heterocycles. The molecule has 3 amide bonds. The van der Waals surface area contributed by atoms with E-state index in [2.05, 4.69) is 31.0 Å². The smallest absolute Gasteiger partial charge is 0.313 e. The lowest BCUT2D eigenvalue weighted by Crippen LogP contribution is -2.74. The maximum atomic E-state index is 13.1. The molecule has 2 aliphatic rings. The van der Waals surface area contributed by atoms with E-state index < -0.39 is 28.7 Å². The molecule has 0 spiro atoms. The van der Waals surface area contributed by atoms with Gasteiger partial charge in [-0.25, -0.2) is 4.98 Å². The first-order valence-corrected chi connectivity index (χ1v) is 15.3. The number of oxime groups is 1. The molecule has 4 rings (SSSR count). The van der Waals surface area contributed by atoms with Gasteiger partial charge in [-0.2, -0.15) is 0 Å². The van der Waals surface area contributed by atoms with Gasteiger partial charge in [-0.15, -0.1) is 45.1 Å². The van der Waals surface area contributed by atoms with Crippen molar-refractivity contribution in [1.29, 1.82) is 0 Å². The first kappa shape index (κ1) is 26.6. The number of fused-ring (bicyclic) bond motifs is 1. The Balaban J connectivity index is 1.43. The van der Waals surface area contributed by atoms with E-state index in [0.717, 1.165) is 11.3 Å². The van der Waals surface area contributed by atoms with Crippen molar-refractivity contribution < 1.29 is 29.1 Å². The molecule has 0 radical (unpaired) electrons. The second-order valence-electron chi connectivity index (χ2n) is 7.47. The van der Waals surface area contributed by atoms with Crippen molar-refractivity contribution in [3.05, 3.63) is 16.6 Å². The Morgan fingerprint density at radius 2 is 2.28 bits per heavy atom. The number of β-lactam (4-membered cyclic amide) rings is 1. The molecule has 3 N–H and O–H groups in total. The van der Waals surface area contributed by atoms with Crippen LogP contribution in [-0.4, -0.2) is 96.8 Å². The van der Waals surface area contributed by atoms with Crippen LogP contribution in [0.1, 0.15) is 5.69 Å². The van der Waals surface area contributed by atoms with E-state index in [9.17, 15) is 24.3 Å². The van der Waals surface area contributed by atoms with Crippen molar-refractivity contribution >= 4 is 93.0 Å². The number of carboxylic acid groups (broad SMARTS) is 1. The van der Waals surface area contributed by atoms with Gasteiger partial charge in [0.2, 0.25) is 12.3 Å². The Kier molecular flexibility index (Phi) is 8.70. The molecule has 2 saturated heterocycles. The topological polar surface area (TPSA) is 176 Å². The molecule has 2 aromatic heterocycles. The quantitative estimate of drug-likeness (QED) is 0.0606. The van der Waals surface area contributed by atoms with E-state index in [1.165, 1.54) is 56.9 Å². The van der Waals surface area contributed by atoms with E-state index in [1.54, 1.807) is 11.8 Å². The van der Waals surface area contributed by atoms with Crippen LogP contribution in [0.15, 0.2) is 20.4 Å². The van der Waals surface area contributed by atoms with Gasteiger partial charge in [-0.05, 0) is 6.26 Å². The van der Waals surface area contributed by atoms with E-state index in [4.69, 9.17) is 4.84 Å². The highest BCUT2D eigenvalue weighted by Crippen LogP contribution is 2.44. The Morgan fingerprint density at radius 3 is 2.97 bits per heavy atom. The summed E-state index contributed by atoms with van der Waals surface area (Å²) >= 11 is 6.38. The van der Waals surface area contributed by atoms with E-state index in [0.29, 0.717) is 10.7 Å². The highest BCUT2D eigenvalue weighted by atomic mass is 32.2. The predicted octanol–water partition coefficient (Wildman–Crippen LogP) is 0.867. The highest BCUT2D eigenvalue weighted by molar-refractivity contribution is 8.01. The Bertz CT molecular complexity index is 1160. The Labute approximate surface area is 225 Å².